The molecule has 1 heterocycles. The van der Waals surface area contributed by atoms with Gasteiger partial charge >= 0.3 is 0 Å². The van der Waals surface area contributed by atoms with E-state index < -0.39 is 5.91 Å². The van der Waals surface area contributed by atoms with Crippen molar-refractivity contribution in [3.8, 4) is 16.6 Å². The molecule has 0 saturated heterocycles. The fourth-order valence-corrected chi connectivity index (χ4v) is 3.74. The quantitative estimate of drug-likeness (QED) is 0.253. The zero-order valence-electron chi connectivity index (χ0n) is 15.3. The topological polar surface area (TPSA) is 77.8 Å². The number of fused-ring (bicyclic) bond motifs is 1. The molecule has 0 bridgehead atoms. The van der Waals surface area contributed by atoms with Crippen LogP contribution in [0.1, 0.15) is 12.0 Å². The van der Waals surface area contributed by atoms with Gasteiger partial charge in [-0.2, -0.15) is 5.26 Å². The third-order valence-corrected chi connectivity index (χ3v) is 5.35. The first-order valence-corrected chi connectivity index (χ1v) is 10.1. The monoisotopic (exact) mass is 410 g/mol. The van der Waals surface area contributed by atoms with Gasteiger partial charge in [-0.25, -0.2) is 4.98 Å². The highest BCUT2D eigenvalue weighted by atomic mass is 35.5. The molecule has 0 saturated carbocycles. The Morgan fingerprint density at radius 1 is 1.29 bits per heavy atom. The van der Waals surface area contributed by atoms with E-state index in [9.17, 15) is 4.79 Å². The van der Waals surface area contributed by atoms with Crippen LogP contribution in [0.5, 0.6) is 0 Å². The summed E-state index contributed by atoms with van der Waals surface area (Å²) in [4.78, 5) is 16.6. The number of anilines is 1. The number of aryl methyl sites for hydroxylation is 1. The molecule has 0 fully saturated rings. The molecule has 0 spiro atoms. The van der Waals surface area contributed by atoms with Crippen LogP contribution in [0, 0.1) is 18.3 Å². The number of amides is 1. The van der Waals surface area contributed by atoms with Gasteiger partial charge in [0.2, 0.25) is 0 Å². The SMILES string of the molecule is Cc1ccc2nc(-c3ccc(N/C=C(/C#N)C(=O)NCCCCl)cc3)sc2c1. The Bertz CT molecular complexity index is 1050. The molecule has 1 amide bonds. The number of halogens is 1. The van der Waals surface area contributed by atoms with Crippen LogP contribution in [0.15, 0.2) is 54.2 Å². The highest BCUT2D eigenvalue weighted by molar-refractivity contribution is 7.21. The van der Waals surface area contributed by atoms with Gasteiger partial charge in [-0.1, -0.05) is 6.07 Å². The summed E-state index contributed by atoms with van der Waals surface area (Å²) in [6, 6.07) is 15.8. The first-order valence-electron chi connectivity index (χ1n) is 8.79. The minimum atomic E-state index is -0.415. The van der Waals surface area contributed by atoms with E-state index in [1.54, 1.807) is 11.3 Å². The summed E-state index contributed by atoms with van der Waals surface area (Å²) < 4.78 is 1.17. The van der Waals surface area contributed by atoms with E-state index in [1.807, 2.05) is 36.4 Å². The highest BCUT2D eigenvalue weighted by Crippen LogP contribution is 2.31. The van der Waals surface area contributed by atoms with Crippen LogP contribution in [0.25, 0.3) is 20.8 Å². The number of alkyl halides is 1. The lowest BCUT2D eigenvalue weighted by Crippen LogP contribution is -2.26. The van der Waals surface area contributed by atoms with Gasteiger partial charge in [-0.05, 0) is 55.3 Å². The number of nitriles is 1. The Balaban J connectivity index is 1.69. The van der Waals surface area contributed by atoms with Gasteiger partial charge in [-0.15, -0.1) is 22.9 Å². The molecule has 2 aromatic carbocycles. The molecule has 0 aliphatic rings. The number of thiazole rings is 1. The summed E-state index contributed by atoms with van der Waals surface area (Å²) in [5.74, 6) is 0.0478. The fraction of sp³-hybridized carbons (Fsp3) is 0.190. The number of benzene rings is 2. The van der Waals surface area contributed by atoms with Crippen LogP contribution in [0.4, 0.5) is 5.69 Å². The lowest BCUT2D eigenvalue weighted by atomic mass is 10.2. The third-order valence-electron chi connectivity index (χ3n) is 4.02. The minimum Gasteiger partial charge on any atom is -0.360 e. The summed E-state index contributed by atoms with van der Waals surface area (Å²) in [5.41, 5.74) is 4.03. The van der Waals surface area contributed by atoms with E-state index in [1.165, 1.54) is 16.5 Å². The van der Waals surface area contributed by atoms with Crippen molar-refractivity contribution in [2.45, 2.75) is 13.3 Å². The fourth-order valence-electron chi connectivity index (χ4n) is 2.53. The van der Waals surface area contributed by atoms with E-state index in [0.717, 1.165) is 21.8 Å². The molecule has 5 nitrogen and oxygen atoms in total. The van der Waals surface area contributed by atoms with Crippen LogP contribution in [0.3, 0.4) is 0 Å². The van der Waals surface area contributed by atoms with E-state index in [0.29, 0.717) is 18.8 Å². The van der Waals surface area contributed by atoms with Crippen LogP contribution in [-0.4, -0.2) is 23.3 Å². The minimum absolute atomic E-state index is 0.0141. The van der Waals surface area contributed by atoms with Gasteiger partial charge in [0.15, 0.2) is 0 Å². The van der Waals surface area contributed by atoms with Gasteiger partial charge < -0.3 is 10.6 Å². The van der Waals surface area contributed by atoms with Gasteiger partial charge in [0.1, 0.15) is 16.6 Å². The number of nitrogens with one attached hydrogen (secondary N) is 2. The van der Waals surface area contributed by atoms with E-state index in [4.69, 9.17) is 16.9 Å². The molecular weight excluding hydrogens is 392 g/mol. The molecule has 1 aromatic heterocycles. The maximum Gasteiger partial charge on any atom is 0.263 e. The molecule has 0 unspecified atom stereocenters. The number of carbonyl (C=O) groups excluding carboxylic acids is 1. The van der Waals surface area contributed by atoms with E-state index >= 15 is 0 Å². The Kier molecular flexibility index (Phi) is 6.64. The lowest BCUT2D eigenvalue weighted by molar-refractivity contribution is -0.117. The Morgan fingerprint density at radius 2 is 2.07 bits per heavy atom. The molecule has 0 radical (unpaired) electrons. The van der Waals surface area contributed by atoms with Crippen molar-refractivity contribution in [1.29, 1.82) is 5.26 Å². The molecule has 2 N–H and O–H groups in total. The second kappa shape index (κ2) is 9.36. The zero-order chi connectivity index (χ0) is 19.9. The molecule has 3 aromatic rings. The Morgan fingerprint density at radius 3 is 2.79 bits per heavy atom. The summed E-state index contributed by atoms with van der Waals surface area (Å²) in [6.07, 6.45) is 2.07. The second-order valence-electron chi connectivity index (χ2n) is 6.18. The second-order valence-corrected chi connectivity index (χ2v) is 7.59. The molecule has 142 valence electrons. The number of rotatable bonds is 7. The predicted molar refractivity (Wildman–Crippen MR) is 115 cm³/mol. The largest absolute Gasteiger partial charge is 0.360 e. The first-order chi connectivity index (χ1) is 13.6. The van der Waals surface area contributed by atoms with Crippen molar-refractivity contribution in [3.63, 3.8) is 0 Å². The molecule has 0 aliphatic heterocycles. The zero-order valence-corrected chi connectivity index (χ0v) is 16.9. The Labute approximate surface area is 172 Å². The highest BCUT2D eigenvalue weighted by Gasteiger charge is 2.09. The van der Waals surface area contributed by atoms with Gasteiger partial charge in [0.05, 0.1) is 10.2 Å². The number of nitrogens with zero attached hydrogens (tertiary/aromatic N) is 2. The third kappa shape index (κ3) is 4.89. The van der Waals surface area contributed by atoms with E-state index in [-0.39, 0.29) is 5.57 Å². The summed E-state index contributed by atoms with van der Waals surface area (Å²) in [6.45, 7) is 2.51. The van der Waals surface area contributed by atoms with Crippen molar-refractivity contribution in [3.05, 3.63) is 59.8 Å². The molecule has 7 heteroatoms. The van der Waals surface area contributed by atoms with Gasteiger partial charge in [0, 0.05) is 29.9 Å². The average Bonchev–Trinajstić information content (AvgIpc) is 3.12. The molecule has 28 heavy (non-hydrogen) atoms. The maximum atomic E-state index is 11.9. The number of hydrogen-bond donors (Lipinski definition) is 2. The van der Waals surface area contributed by atoms with Crippen molar-refractivity contribution in [2.24, 2.45) is 0 Å². The molecular formula is C21H19ClN4OS. The number of carbonyl (C=O) groups is 1. The van der Waals surface area contributed by atoms with E-state index in [2.05, 4.69) is 34.7 Å². The number of aromatic nitrogens is 1. The van der Waals surface area contributed by atoms with Crippen molar-refractivity contribution in [2.75, 3.05) is 17.7 Å². The lowest BCUT2D eigenvalue weighted by Gasteiger charge is -2.05. The average molecular weight is 411 g/mol. The first kappa shape index (κ1) is 19.9. The number of hydrogen-bond acceptors (Lipinski definition) is 5. The van der Waals surface area contributed by atoms with Crippen molar-refractivity contribution >= 4 is 44.7 Å². The smallest absolute Gasteiger partial charge is 0.263 e. The summed E-state index contributed by atoms with van der Waals surface area (Å²) in [7, 11) is 0. The molecule has 3 rings (SSSR count). The summed E-state index contributed by atoms with van der Waals surface area (Å²) >= 11 is 7.24. The van der Waals surface area contributed by atoms with Crippen LogP contribution < -0.4 is 10.6 Å². The van der Waals surface area contributed by atoms with Crippen LogP contribution >= 0.6 is 22.9 Å². The Hall–Kier alpha value is -2.88. The van der Waals surface area contributed by atoms with Gasteiger partial charge in [0.25, 0.3) is 5.91 Å². The van der Waals surface area contributed by atoms with Gasteiger partial charge in [-0.3, -0.25) is 4.79 Å². The molecule has 0 atom stereocenters. The predicted octanol–water partition coefficient (Wildman–Crippen LogP) is 4.84. The van der Waals surface area contributed by atoms with Crippen LogP contribution in [-0.2, 0) is 4.79 Å². The summed E-state index contributed by atoms with van der Waals surface area (Å²) in [5, 5.41) is 15.8. The molecule has 0 aliphatic carbocycles. The van der Waals surface area contributed by atoms with Crippen molar-refractivity contribution in [1.82, 2.24) is 10.3 Å². The normalized spacial score (nSPS) is 11.2. The van der Waals surface area contributed by atoms with Crippen LogP contribution in [0.2, 0.25) is 0 Å². The maximum absolute atomic E-state index is 11.9. The van der Waals surface area contributed by atoms with Crippen molar-refractivity contribution < 1.29 is 4.79 Å². The standard InChI is InChI=1S/C21H19ClN4OS/c1-14-3-8-18-19(11-14)28-21(26-18)15-4-6-17(7-5-15)25-13-16(12-23)20(27)24-10-2-9-22/h3-8,11,13,25H,2,9-10H2,1H3,(H,24,27)/b16-13-.